The minimum atomic E-state index is 0.359. The minimum Gasteiger partial charge on any atom is -0.486 e. The van der Waals surface area contributed by atoms with Crippen LogP contribution in [0.25, 0.3) is 0 Å². The maximum Gasteiger partial charge on any atom is 0.162 e. The van der Waals surface area contributed by atoms with E-state index < -0.39 is 0 Å². The fraction of sp³-hybridized carbons (Fsp3) is 0.600. The zero-order valence-corrected chi connectivity index (χ0v) is 13.0. The molecule has 1 aromatic rings. The average molecular weight is 326 g/mol. The zero-order valence-electron chi connectivity index (χ0n) is 11.4. The van der Waals surface area contributed by atoms with E-state index in [9.17, 15) is 0 Å². The van der Waals surface area contributed by atoms with Crippen LogP contribution in [0.3, 0.4) is 0 Å². The topological polar surface area (TPSA) is 30.5 Å². The Labute approximate surface area is 122 Å². The molecule has 104 valence electrons. The third-order valence-electron chi connectivity index (χ3n) is 4.20. The van der Waals surface area contributed by atoms with Gasteiger partial charge < -0.3 is 14.8 Å². The van der Waals surface area contributed by atoms with E-state index >= 15 is 0 Å². The summed E-state index contributed by atoms with van der Waals surface area (Å²) in [5.41, 5.74) is 1.27. The summed E-state index contributed by atoms with van der Waals surface area (Å²) in [6.45, 7) is 3.60. The van der Waals surface area contributed by atoms with Crippen molar-refractivity contribution in [2.75, 3.05) is 20.3 Å². The Balaban J connectivity index is 1.93. The van der Waals surface area contributed by atoms with Crippen LogP contribution in [0.1, 0.15) is 31.4 Å². The molecule has 3 nitrogen and oxygen atoms in total. The van der Waals surface area contributed by atoms with Gasteiger partial charge in [0.15, 0.2) is 11.5 Å². The molecule has 2 aliphatic rings. The first-order valence-electron chi connectivity index (χ1n) is 6.97. The van der Waals surface area contributed by atoms with Crippen molar-refractivity contribution < 1.29 is 9.47 Å². The van der Waals surface area contributed by atoms with E-state index in [-0.39, 0.29) is 0 Å². The number of benzene rings is 1. The summed E-state index contributed by atoms with van der Waals surface area (Å²) in [6.07, 6.45) is 2.73. The van der Waals surface area contributed by atoms with E-state index in [1.54, 1.807) is 0 Å². The van der Waals surface area contributed by atoms with E-state index in [0.717, 1.165) is 21.9 Å². The third-order valence-corrected chi connectivity index (χ3v) is 4.89. The molecule has 1 heterocycles. The fourth-order valence-corrected chi connectivity index (χ4v) is 3.48. The smallest absolute Gasteiger partial charge is 0.162 e. The third kappa shape index (κ3) is 2.61. The molecular formula is C15H20BrNO2. The number of hydrogen-bond acceptors (Lipinski definition) is 3. The summed E-state index contributed by atoms with van der Waals surface area (Å²) in [5, 5.41) is 3.46. The molecule has 1 saturated carbocycles. The van der Waals surface area contributed by atoms with Gasteiger partial charge in [0.2, 0.25) is 0 Å². The van der Waals surface area contributed by atoms with Gasteiger partial charge in [-0.15, -0.1) is 0 Å². The highest BCUT2D eigenvalue weighted by Gasteiger charge is 2.34. The number of fused-ring (bicyclic) bond motifs is 1. The van der Waals surface area contributed by atoms with Crippen LogP contribution in [0.5, 0.6) is 11.5 Å². The molecule has 0 amide bonds. The Hall–Kier alpha value is -0.740. The molecule has 0 spiro atoms. The molecule has 3 rings (SSSR count). The molecule has 1 N–H and O–H groups in total. The number of ether oxygens (including phenoxy) is 2. The highest BCUT2D eigenvalue weighted by atomic mass is 79.9. The van der Waals surface area contributed by atoms with Crippen LogP contribution in [0, 0.1) is 11.8 Å². The number of halogens is 1. The van der Waals surface area contributed by atoms with Crippen LogP contribution in [-0.2, 0) is 0 Å². The molecule has 2 unspecified atom stereocenters. The second-order valence-corrected chi connectivity index (χ2v) is 6.33. The van der Waals surface area contributed by atoms with Gasteiger partial charge in [-0.2, -0.15) is 0 Å². The lowest BCUT2D eigenvalue weighted by atomic mass is 9.90. The predicted octanol–water partition coefficient (Wildman–Crippen LogP) is 3.53. The summed E-state index contributed by atoms with van der Waals surface area (Å²) in [5.74, 6) is 3.21. The fourth-order valence-electron chi connectivity index (χ4n) is 2.91. The zero-order chi connectivity index (χ0) is 13.4. The normalized spacial score (nSPS) is 21.0. The van der Waals surface area contributed by atoms with E-state index in [2.05, 4.69) is 34.2 Å². The van der Waals surface area contributed by atoms with Crippen molar-refractivity contribution in [1.82, 2.24) is 5.32 Å². The van der Waals surface area contributed by atoms with E-state index in [1.165, 1.54) is 18.4 Å². The van der Waals surface area contributed by atoms with E-state index in [4.69, 9.17) is 9.47 Å². The Kier molecular flexibility index (Phi) is 3.72. The SMILES string of the molecule is CNC(c1cc2c(cc1Br)OCCO2)C(C)C1CC1. The maximum absolute atomic E-state index is 5.70. The first-order valence-corrected chi connectivity index (χ1v) is 7.76. The van der Waals surface area contributed by atoms with Crippen LogP contribution in [0.15, 0.2) is 16.6 Å². The molecule has 1 fully saturated rings. The predicted molar refractivity (Wildman–Crippen MR) is 78.8 cm³/mol. The van der Waals surface area contributed by atoms with E-state index in [1.807, 2.05) is 13.1 Å². The van der Waals surface area contributed by atoms with Gasteiger partial charge in [0.05, 0.1) is 0 Å². The largest absolute Gasteiger partial charge is 0.486 e. The Morgan fingerprint density at radius 2 is 1.84 bits per heavy atom. The molecule has 19 heavy (non-hydrogen) atoms. The quantitative estimate of drug-likeness (QED) is 0.918. The Morgan fingerprint density at radius 3 is 2.42 bits per heavy atom. The van der Waals surface area contributed by atoms with Crippen molar-refractivity contribution >= 4 is 15.9 Å². The van der Waals surface area contributed by atoms with Crippen molar-refractivity contribution in [1.29, 1.82) is 0 Å². The highest BCUT2D eigenvalue weighted by molar-refractivity contribution is 9.10. The van der Waals surface area contributed by atoms with Crippen LogP contribution in [0.2, 0.25) is 0 Å². The van der Waals surface area contributed by atoms with Crippen molar-refractivity contribution in [3.05, 3.63) is 22.2 Å². The van der Waals surface area contributed by atoms with Crippen LogP contribution < -0.4 is 14.8 Å². The number of nitrogens with one attached hydrogen (secondary N) is 1. The number of rotatable bonds is 4. The van der Waals surface area contributed by atoms with Crippen LogP contribution in [-0.4, -0.2) is 20.3 Å². The van der Waals surface area contributed by atoms with Gasteiger partial charge in [0.25, 0.3) is 0 Å². The first kappa shape index (κ1) is 13.3. The summed E-state index contributed by atoms with van der Waals surface area (Å²) < 4.78 is 12.4. The molecule has 0 radical (unpaired) electrons. The molecule has 0 aromatic heterocycles. The van der Waals surface area contributed by atoms with E-state index in [0.29, 0.717) is 25.2 Å². The molecule has 0 saturated heterocycles. The monoisotopic (exact) mass is 325 g/mol. The maximum atomic E-state index is 5.70. The first-order chi connectivity index (χ1) is 9.20. The van der Waals surface area contributed by atoms with Gasteiger partial charge in [-0.05, 0) is 49.4 Å². The second-order valence-electron chi connectivity index (χ2n) is 5.48. The van der Waals surface area contributed by atoms with Gasteiger partial charge >= 0.3 is 0 Å². The molecule has 1 aliphatic carbocycles. The molecular weight excluding hydrogens is 306 g/mol. The van der Waals surface area contributed by atoms with Gasteiger partial charge in [0, 0.05) is 10.5 Å². The van der Waals surface area contributed by atoms with Crippen molar-refractivity contribution in [3.8, 4) is 11.5 Å². The second kappa shape index (κ2) is 5.33. The van der Waals surface area contributed by atoms with Gasteiger partial charge in [-0.25, -0.2) is 0 Å². The highest BCUT2D eigenvalue weighted by Crippen LogP contribution is 2.46. The van der Waals surface area contributed by atoms with Gasteiger partial charge in [0.1, 0.15) is 13.2 Å². The summed E-state index contributed by atoms with van der Waals surface area (Å²) in [7, 11) is 2.03. The molecule has 1 aromatic carbocycles. The van der Waals surface area contributed by atoms with Gasteiger partial charge in [-0.3, -0.25) is 0 Å². The van der Waals surface area contributed by atoms with Crippen LogP contribution in [0.4, 0.5) is 0 Å². The lowest BCUT2D eigenvalue weighted by molar-refractivity contribution is 0.171. The van der Waals surface area contributed by atoms with Crippen molar-refractivity contribution in [3.63, 3.8) is 0 Å². The lowest BCUT2D eigenvalue weighted by Gasteiger charge is -2.27. The summed E-state index contributed by atoms with van der Waals surface area (Å²) >= 11 is 3.68. The molecule has 1 aliphatic heterocycles. The van der Waals surface area contributed by atoms with Crippen LogP contribution >= 0.6 is 15.9 Å². The molecule has 0 bridgehead atoms. The Morgan fingerprint density at radius 1 is 1.21 bits per heavy atom. The standard InChI is InChI=1S/C15H20BrNO2/c1-9(10-3-4-10)15(17-2)11-7-13-14(8-12(11)16)19-6-5-18-13/h7-10,15,17H,3-6H2,1-2H3. The Bertz CT molecular complexity index is 473. The lowest BCUT2D eigenvalue weighted by Crippen LogP contribution is -2.25. The number of hydrogen-bond donors (Lipinski definition) is 1. The van der Waals surface area contributed by atoms with Crippen molar-refractivity contribution in [2.45, 2.75) is 25.8 Å². The molecule has 4 heteroatoms. The molecule has 2 atom stereocenters. The van der Waals surface area contributed by atoms with Gasteiger partial charge in [-0.1, -0.05) is 22.9 Å². The van der Waals surface area contributed by atoms with Crippen molar-refractivity contribution in [2.24, 2.45) is 11.8 Å². The summed E-state index contributed by atoms with van der Waals surface area (Å²) in [6, 6.07) is 4.52. The summed E-state index contributed by atoms with van der Waals surface area (Å²) in [4.78, 5) is 0. The minimum absolute atomic E-state index is 0.359. The average Bonchev–Trinajstić information content (AvgIpc) is 3.24.